The molecule has 162 valence electrons. The molecule has 1 aromatic heterocycles. The van der Waals surface area contributed by atoms with Gasteiger partial charge < -0.3 is 5.11 Å². The van der Waals surface area contributed by atoms with Gasteiger partial charge in [-0.05, 0) is 48.2 Å². The van der Waals surface area contributed by atoms with Crippen molar-refractivity contribution in [2.45, 2.75) is 19.4 Å². The molecule has 2 atom stereocenters. The molecule has 0 spiro atoms. The number of carbonyl (C=O) groups excluding carboxylic acids is 1. The van der Waals surface area contributed by atoms with Gasteiger partial charge in [-0.2, -0.15) is 12.6 Å². The Morgan fingerprint density at radius 1 is 1.00 bits per heavy atom. The summed E-state index contributed by atoms with van der Waals surface area (Å²) in [5, 5.41) is 9.62. The van der Waals surface area contributed by atoms with E-state index in [9.17, 15) is 14.7 Å². The van der Waals surface area contributed by atoms with Crippen LogP contribution < -0.4 is 4.90 Å². The fourth-order valence-corrected chi connectivity index (χ4v) is 3.61. The van der Waals surface area contributed by atoms with Crippen LogP contribution in [0.2, 0.25) is 0 Å². The van der Waals surface area contributed by atoms with E-state index < -0.39 is 17.9 Å². The zero-order valence-corrected chi connectivity index (χ0v) is 18.8. The van der Waals surface area contributed by atoms with Gasteiger partial charge in [0.1, 0.15) is 6.04 Å². The Labute approximate surface area is 194 Å². The second kappa shape index (κ2) is 11.5. The van der Waals surface area contributed by atoms with Crippen molar-refractivity contribution < 1.29 is 14.7 Å². The number of benzene rings is 2. The highest BCUT2D eigenvalue weighted by molar-refractivity contribution is 7.80. The Hall–Kier alpha value is -2.83. The molecule has 0 saturated carbocycles. The van der Waals surface area contributed by atoms with Gasteiger partial charge in [-0.1, -0.05) is 48.5 Å². The van der Waals surface area contributed by atoms with Gasteiger partial charge in [0.05, 0.1) is 5.92 Å². The van der Waals surface area contributed by atoms with Crippen LogP contribution in [0, 0.1) is 5.92 Å². The average Bonchev–Trinajstić information content (AvgIpc) is 2.79. The van der Waals surface area contributed by atoms with E-state index in [1.165, 1.54) is 11.8 Å². The second-order valence-corrected chi connectivity index (χ2v) is 7.45. The molecule has 0 aliphatic carbocycles. The van der Waals surface area contributed by atoms with Gasteiger partial charge in [0.25, 0.3) is 0 Å². The summed E-state index contributed by atoms with van der Waals surface area (Å²) in [5.74, 6) is -1.49. The standard InChI is InChI=1S/C24H24N2O3S.ClH/c1-17(24(28)29)26(23(27)21(16-30)14-18-6-5-13-25-15-18)22-11-9-20(10-12-22)19-7-3-2-4-8-19;/h2-13,15,17,21,30H,14,16H2,1H3,(H,28,29);1H/t17-,21?;/m0./s1. The van der Waals surface area contributed by atoms with Crippen molar-refractivity contribution in [2.24, 2.45) is 5.92 Å². The molecule has 0 fully saturated rings. The van der Waals surface area contributed by atoms with Crippen LogP contribution in [0.25, 0.3) is 11.1 Å². The smallest absolute Gasteiger partial charge is 0.326 e. The Balaban J connectivity index is 0.00000341. The zero-order valence-electron chi connectivity index (χ0n) is 17.1. The molecule has 0 aliphatic heterocycles. The Bertz CT molecular complexity index is 985. The molecular weight excluding hydrogens is 432 g/mol. The summed E-state index contributed by atoms with van der Waals surface area (Å²) < 4.78 is 0. The van der Waals surface area contributed by atoms with Crippen LogP contribution in [0.3, 0.4) is 0 Å². The van der Waals surface area contributed by atoms with E-state index >= 15 is 0 Å². The lowest BCUT2D eigenvalue weighted by molar-refractivity contribution is -0.140. The second-order valence-electron chi connectivity index (χ2n) is 7.08. The summed E-state index contributed by atoms with van der Waals surface area (Å²) >= 11 is 4.36. The summed E-state index contributed by atoms with van der Waals surface area (Å²) in [6.45, 7) is 1.52. The minimum absolute atomic E-state index is 0. The van der Waals surface area contributed by atoms with Crippen LogP contribution in [0.1, 0.15) is 12.5 Å². The van der Waals surface area contributed by atoms with E-state index in [0.29, 0.717) is 17.9 Å². The molecular formula is C24H25ClN2O3S. The first-order chi connectivity index (χ1) is 14.5. The number of thiol groups is 1. The van der Waals surface area contributed by atoms with Crippen LogP contribution in [0.5, 0.6) is 0 Å². The Morgan fingerprint density at radius 2 is 1.65 bits per heavy atom. The van der Waals surface area contributed by atoms with E-state index in [0.717, 1.165) is 16.7 Å². The zero-order chi connectivity index (χ0) is 21.5. The molecule has 2 aromatic carbocycles. The number of halogens is 1. The summed E-state index contributed by atoms with van der Waals surface area (Å²) in [5.41, 5.74) is 3.51. The number of anilines is 1. The van der Waals surface area contributed by atoms with Gasteiger partial charge in [0.2, 0.25) is 5.91 Å². The van der Waals surface area contributed by atoms with Gasteiger partial charge in [-0.15, -0.1) is 12.4 Å². The highest BCUT2D eigenvalue weighted by Gasteiger charge is 2.31. The number of aromatic nitrogens is 1. The monoisotopic (exact) mass is 456 g/mol. The molecule has 3 aromatic rings. The molecule has 5 nitrogen and oxygen atoms in total. The first-order valence-corrected chi connectivity index (χ1v) is 10.4. The third-order valence-corrected chi connectivity index (χ3v) is 5.45. The van der Waals surface area contributed by atoms with E-state index in [-0.39, 0.29) is 18.3 Å². The number of nitrogens with zero attached hydrogens (tertiary/aromatic N) is 2. The molecule has 1 unspecified atom stereocenters. The van der Waals surface area contributed by atoms with E-state index in [2.05, 4.69) is 17.6 Å². The highest BCUT2D eigenvalue weighted by Crippen LogP contribution is 2.26. The number of rotatable bonds is 8. The summed E-state index contributed by atoms with van der Waals surface area (Å²) in [7, 11) is 0. The van der Waals surface area contributed by atoms with Gasteiger partial charge in [-0.3, -0.25) is 14.7 Å². The van der Waals surface area contributed by atoms with Crippen molar-refractivity contribution in [3.05, 3.63) is 84.7 Å². The topological polar surface area (TPSA) is 70.5 Å². The number of carboxylic acid groups (broad SMARTS) is 1. The van der Waals surface area contributed by atoms with E-state index in [4.69, 9.17) is 0 Å². The third kappa shape index (κ3) is 6.09. The van der Waals surface area contributed by atoms with Crippen molar-refractivity contribution in [3.63, 3.8) is 0 Å². The van der Waals surface area contributed by atoms with Crippen molar-refractivity contribution >= 4 is 42.6 Å². The maximum absolute atomic E-state index is 13.4. The average molecular weight is 457 g/mol. The molecule has 7 heteroatoms. The highest BCUT2D eigenvalue weighted by atomic mass is 35.5. The third-order valence-electron chi connectivity index (χ3n) is 5.01. The number of aliphatic carboxylic acids is 1. The summed E-state index contributed by atoms with van der Waals surface area (Å²) in [6.07, 6.45) is 3.83. The lowest BCUT2D eigenvalue weighted by atomic mass is 9.99. The maximum atomic E-state index is 13.4. The SMILES string of the molecule is C[C@@H](C(=O)O)N(C(=O)C(CS)Cc1cccnc1)c1ccc(-c2ccccc2)cc1.Cl. The molecule has 3 rings (SSSR count). The Kier molecular flexibility index (Phi) is 9.09. The minimum Gasteiger partial charge on any atom is -0.480 e. The largest absolute Gasteiger partial charge is 0.480 e. The number of pyridine rings is 1. The molecule has 0 bridgehead atoms. The van der Waals surface area contributed by atoms with Gasteiger partial charge in [-0.25, -0.2) is 4.79 Å². The molecule has 1 amide bonds. The van der Waals surface area contributed by atoms with E-state index in [1.54, 1.807) is 24.5 Å². The van der Waals surface area contributed by atoms with Crippen molar-refractivity contribution in [3.8, 4) is 11.1 Å². The lowest BCUT2D eigenvalue weighted by Gasteiger charge is -2.30. The number of hydrogen-bond donors (Lipinski definition) is 2. The van der Waals surface area contributed by atoms with Crippen LogP contribution in [-0.4, -0.2) is 33.8 Å². The molecule has 1 heterocycles. The predicted molar refractivity (Wildman–Crippen MR) is 129 cm³/mol. The van der Waals surface area contributed by atoms with Crippen LogP contribution in [0.4, 0.5) is 5.69 Å². The molecule has 0 aliphatic rings. The minimum atomic E-state index is -1.06. The number of carbonyl (C=O) groups is 2. The van der Waals surface area contributed by atoms with Crippen LogP contribution in [0.15, 0.2) is 79.1 Å². The van der Waals surface area contributed by atoms with Crippen LogP contribution >= 0.6 is 25.0 Å². The molecule has 0 saturated heterocycles. The molecule has 31 heavy (non-hydrogen) atoms. The Morgan fingerprint density at radius 3 is 2.19 bits per heavy atom. The van der Waals surface area contributed by atoms with Gasteiger partial charge >= 0.3 is 5.97 Å². The molecule has 0 radical (unpaired) electrons. The summed E-state index contributed by atoms with van der Waals surface area (Å²) in [4.78, 5) is 30.6. The summed E-state index contributed by atoms with van der Waals surface area (Å²) in [6, 6.07) is 20.0. The maximum Gasteiger partial charge on any atom is 0.326 e. The van der Waals surface area contributed by atoms with Gasteiger partial charge in [0, 0.05) is 23.8 Å². The van der Waals surface area contributed by atoms with Crippen molar-refractivity contribution in [2.75, 3.05) is 10.7 Å². The van der Waals surface area contributed by atoms with Crippen molar-refractivity contribution in [1.82, 2.24) is 4.98 Å². The first kappa shape index (κ1) is 24.4. The first-order valence-electron chi connectivity index (χ1n) is 9.72. The van der Waals surface area contributed by atoms with E-state index in [1.807, 2.05) is 54.6 Å². The fraction of sp³-hybridized carbons (Fsp3) is 0.208. The normalized spacial score (nSPS) is 12.3. The predicted octanol–water partition coefficient (Wildman–Crippen LogP) is 4.77. The van der Waals surface area contributed by atoms with Crippen LogP contribution in [-0.2, 0) is 16.0 Å². The lowest BCUT2D eigenvalue weighted by Crippen LogP contribution is -2.47. The molecule has 1 N–H and O–H groups in total. The van der Waals surface area contributed by atoms with Crippen molar-refractivity contribution in [1.29, 1.82) is 0 Å². The number of hydrogen-bond acceptors (Lipinski definition) is 4. The number of carboxylic acids is 1. The number of amides is 1. The quantitative estimate of drug-likeness (QED) is 0.479. The fourth-order valence-electron chi connectivity index (χ4n) is 3.33. The van der Waals surface area contributed by atoms with Gasteiger partial charge in [0.15, 0.2) is 0 Å².